The molecule has 0 saturated carbocycles. The number of hydrogen-bond donors (Lipinski definition) is 1. The van der Waals surface area contributed by atoms with Gasteiger partial charge in [0.1, 0.15) is 5.60 Å². The molecule has 1 heterocycles. The third-order valence-corrected chi connectivity index (χ3v) is 4.47. The molecule has 1 aromatic carbocycles. The molecule has 0 radical (unpaired) electrons. The Kier molecular flexibility index (Phi) is 6.02. The number of ether oxygens (including phenoxy) is 1. The van der Waals surface area contributed by atoms with E-state index < -0.39 is 5.60 Å². The number of nitrogens with zero attached hydrogens (tertiary/aromatic N) is 1. The van der Waals surface area contributed by atoms with Gasteiger partial charge in [-0.2, -0.15) is 0 Å². The summed E-state index contributed by atoms with van der Waals surface area (Å²) in [5, 5.41) is 4.25. The van der Waals surface area contributed by atoms with E-state index in [4.69, 9.17) is 16.3 Å². The number of nitrogens with one attached hydrogen (secondary N) is 1. The summed E-state index contributed by atoms with van der Waals surface area (Å²) in [6, 6.07) is 6.33. The Morgan fingerprint density at radius 3 is 2.83 bits per heavy atom. The minimum absolute atomic E-state index is 0.198. The zero-order valence-corrected chi connectivity index (χ0v) is 16.1. The van der Waals surface area contributed by atoms with E-state index in [0.29, 0.717) is 0 Å². The van der Waals surface area contributed by atoms with Crippen LogP contribution in [0.4, 0.5) is 10.5 Å². The number of amides is 1. The molecular weight excluding hydrogens is 324 g/mol. The smallest absolute Gasteiger partial charge is 0.410 e. The average Bonchev–Trinajstić information content (AvgIpc) is 2.89. The molecule has 0 bridgehead atoms. The topological polar surface area (TPSA) is 41.6 Å². The highest BCUT2D eigenvalue weighted by molar-refractivity contribution is 6.30. The predicted molar refractivity (Wildman–Crippen MR) is 99.9 cm³/mol. The fourth-order valence-corrected chi connectivity index (χ4v) is 3.30. The van der Waals surface area contributed by atoms with Gasteiger partial charge in [-0.15, -0.1) is 0 Å². The molecule has 1 fully saturated rings. The van der Waals surface area contributed by atoms with Gasteiger partial charge < -0.3 is 15.0 Å². The van der Waals surface area contributed by atoms with E-state index >= 15 is 0 Å². The van der Waals surface area contributed by atoms with Gasteiger partial charge in [-0.05, 0) is 71.6 Å². The van der Waals surface area contributed by atoms with Crippen LogP contribution in [0.2, 0.25) is 5.02 Å². The molecule has 4 nitrogen and oxygen atoms in total. The first-order chi connectivity index (χ1) is 11.2. The van der Waals surface area contributed by atoms with Crippen molar-refractivity contribution in [1.29, 1.82) is 0 Å². The lowest BCUT2D eigenvalue weighted by atomic mass is 10.1. The number of anilines is 1. The molecule has 1 saturated heterocycles. The highest BCUT2D eigenvalue weighted by atomic mass is 35.5. The zero-order valence-electron chi connectivity index (χ0n) is 15.4. The normalized spacial score (nSPS) is 19.2. The Morgan fingerprint density at radius 2 is 2.17 bits per heavy atom. The lowest BCUT2D eigenvalue weighted by Crippen LogP contribution is -2.41. The van der Waals surface area contributed by atoms with Crippen molar-refractivity contribution in [2.75, 3.05) is 11.9 Å². The van der Waals surface area contributed by atoms with E-state index in [-0.39, 0.29) is 18.2 Å². The second-order valence-corrected chi connectivity index (χ2v) is 8.15. The number of carbonyl (C=O) groups is 1. The van der Waals surface area contributed by atoms with Crippen LogP contribution >= 0.6 is 11.6 Å². The van der Waals surface area contributed by atoms with Crippen LogP contribution in [0.1, 0.15) is 52.5 Å². The van der Waals surface area contributed by atoms with Gasteiger partial charge in [0.05, 0.1) is 0 Å². The maximum atomic E-state index is 12.4. The average molecular weight is 353 g/mol. The largest absolute Gasteiger partial charge is 0.444 e. The molecule has 1 amide bonds. The highest BCUT2D eigenvalue weighted by Gasteiger charge is 2.32. The number of rotatable bonds is 4. The van der Waals surface area contributed by atoms with Crippen LogP contribution < -0.4 is 5.32 Å². The van der Waals surface area contributed by atoms with Crippen LogP contribution in [-0.4, -0.2) is 35.2 Å². The second-order valence-electron chi connectivity index (χ2n) is 7.71. The van der Waals surface area contributed by atoms with Gasteiger partial charge >= 0.3 is 6.09 Å². The Labute approximate surface area is 150 Å². The van der Waals surface area contributed by atoms with Gasteiger partial charge in [0.2, 0.25) is 0 Å². The molecule has 2 rings (SSSR count). The molecule has 1 aliphatic rings. The van der Waals surface area contributed by atoms with Crippen molar-refractivity contribution < 1.29 is 9.53 Å². The monoisotopic (exact) mass is 352 g/mol. The lowest BCUT2D eigenvalue weighted by Gasteiger charge is -2.30. The second kappa shape index (κ2) is 7.64. The molecule has 134 valence electrons. The maximum Gasteiger partial charge on any atom is 0.410 e. The summed E-state index contributed by atoms with van der Waals surface area (Å²) in [7, 11) is 0. The van der Waals surface area contributed by atoms with E-state index in [0.717, 1.165) is 36.5 Å². The predicted octanol–water partition coefficient (Wildman–Crippen LogP) is 5.24. The maximum absolute atomic E-state index is 12.4. The van der Waals surface area contributed by atoms with Crippen molar-refractivity contribution in [3.8, 4) is 0 Å². The molecule has 1 N–H and O–H groups in total. The molecule has 0 aromatic heterocycles. The van der Waals surface area contributed by atoms with Crippen LogP contribution in [0.25, 0.3) is 0 Å². The molecule has 5 heteroatoms. The molecule has 2 atom stereocenters. The van der Waals surface area contributed by atoms with Crippen LogP contribution in [-0.2, 0) is 4.74 Å². The Bertz CT molecular complexity index is 583. The van der Waals surface area contributed by atoms with Gasteiger partial charge in [0, 0.05) is 29.3 Å². The first kappa shape index (κ1) is 18.9. The summed E-state index contributed by atoms with van der Waals surface area (Å²) in [5.41, 5.74) is 1.77. The fraction of sp³-hybridized carbons (Fsp3) is 0.632. The number of likely N-dealkylation sites (tertiary alicyclic amines) is 1. The standard InChI is InChI=1S/C19H29ClN2O2/c1-13-8-9-15(20)12-17(13)21-14(2)11-16-7-6-10-22(16)18(23)24-19(3,4)5/h8-9,12,14,16,21H,6-7,10-11H2,1-5H3. The number of carbonyl (C=O) groups excluding carboxylic acids is 1. The minimum atomic E-state index is -0.452. The van der Waals surface area contributed by atoms with E-state index in [2.05, 4.69) is 19.2 Å². The van der Waals surface area contributed by atoms with Crippen LogP contribution in [0, 0.1) is 6.92 Å². The SMILES string of the molecule is Cc1ccc(Cl)cc1NC(C)CC1CCCN1C(=O)OC(C)(C)C. The molecule has 0 spiro atoms. The summed E-state index contributed by atoms with van der Waals surface area (Å²) in [4.78, 5) is 14.3. The van der Waals surface area contributed by atoms with Crippen LogP contribution in [0.3, 0.4) is 0 Å². The van der Waals surface area contributed by atoms with E-state index in [1.165, 1.54) is 5.56 Å². The minimum Gasteiger partial charge on any atom is -0.444 e. The fourth-order valence-electron chi connectivity index (χ4n) is 3.12. The molecule has 2 unspecified atom stereocenters. The third kappa shape index (κ3) is 5.30. The van der Waals surface area contributed by atoms with E-state index in [9.17, 15) is 4.79 Å². The van der Waals surface area contributed by atoms with E-state index in [1.54, 1.807) is 0 Å². The van der Waals surface area contributed by atoms with Gasteiger partial charge in [-0.1, -0.05) is 17.7 Å². The van der Waals surface area contributed by atoms with Crippen molar-refractivity contribution >= 4 is 23.4 Å². The number of benzene rings is 1. The molecule has 1 aromatic rings. The molecule has 0 aliphatic carbocycles. The van der Waals surface area contributed by atoms with Gasteiger partial charge in [-0.25, -0.2) is 4.79 Å². The van der Waals surface area contributed by atoms with Crippen molar-refractivity contribution in [3.63, 3.8) is 0 Å². The summed E-state index contributed by atoms with van der Waals surface area (Å²) in [6.45, 7) is 10.7. The van der Waals surface area contributed by atoms with Crippen molar-refractivity contribution in [2.45, 2.75) is 71.6 Å². The first-order valence-corrected chi connectivity index (χ1v) is 9.06. The van der Waals surface area contributed by atoms with Crippen LogP contribution in [0.15, 0.2) is 18.2 Å². The van der Waals surface area contributed by atoms with Gasteiger partial charge in [0.25, 0.3) is 0 Å². The first-order valence-electron chi connectivity index (χ1n) is 8.68. The summed E-state index contributed by atoms with van der Waals surface area (Å²) in [6.07, 6.45) is 2.76. The third-order valence-electron chi connectivity index (χ3n) is 4.23. The van der Waals surface area contributed by atoms with E-state index in [1.807, 2.05) is 43.9 Å². The quantitative estimate of drug-likeness (QED) is 0.805. The molecule has 1 aliphatic heterocycles. The van der Waals surface area contributed by atoms with Crippen molar-refractivity contribution in [1.82, 2.24) is 4.90 Å². The van der Waals surface area contributed by atoms with Crippen LogP contribution in [0.5, 0.6) is 0 Å². The number of hydrogen-bond acceptors (Lipinski definition) is 3. The van der Waals surface area contributed by atoms with Crippen molar-refractivity contribution in [3.05, 3.63) is 28.8 Å². The van der Waals surface area contributed by atoms with Crippen molar-refractivity contribution in [2.24, 2.45) is 0 Å². The molecule has 24 heavy (non-hydrogen) atoms. The number of halogens is 1. The summed E-state index contributed by atoms with van der Waals surface area (Å²) >= 11 is 6.09. The zero-order chi connectivity index (χ0) is 17.9. The molecular formula is C19H29ClN2O2. The summed E-state index contributed by atoms with van der Waals surface area (Å²) < 4.78 is 5.54. The Balaban J connectivity index is 1.96. The Morgan fingerprint density at radius 1 is 1.46 bits per heavy atom. The lowest BCUT2D eigenvalue weighted by molar-refractivity contribution is 0.0218. The van der Waals surface area contributed by atoms with Gasteiger partial charge in [0.15, 0.2) is 0 Å². The number of aryl methyl sites for hydroxylation is 1. The van der Waals surface area contributed by atoms with Gasteiger partial charge in [-0.3, -0.25) is 0 Å². The highest BCUT2D eigenvalue weighted by Crippen LogP contribution is 2.26. The summed E-state index contributed by atoms with van der Waals surface area (Å²) in [5.74, 6) is 0. The Hall–Kier alpha value is -1.42.